The fraction of sp³-hybridized carbons (Fsp3) is 0.412. The second kappa shape index (κ2) is 5.82. The molecular formula is C17H20N4O2S. The average Bonchev–Trinajstić information content (AvgIpc) is 3.19. The molecule has 0 unspecified atom stereocenters. The Hall–Kier alpha value is -1.99. The standard InChI is InChI=1S/C17H20N4O2S/c1-20(12-17-19-18-16-7-4-10-21(16)17)24(22,23)15-9-8-13-5-2-3-6-14(13)11-15/h2-3,5-6,11H,4,7-10,12H2,1H3. The van der Waals surface area contributed by atoms with Crippen LogP contribution in [0, 0.1) is 0 Å². The molecule has 7 heteroatoms. The summed E-state index contributed by atoms with van der Waals surface area (Å²) in [5, 5.41) is 8.31. The highest BCUT2D eigenvalue weighted by atomic mass is 32.2. The third-order valence-corrected chi connectivity index (χ3v) is 6.74. The summed E-state index contributed by atoms with van der Waals surface area (Å²) in [6, 6.07) is 7.95. The van der Waals surface area contributed by atoms with Crippen LogP contribution in [0.15, 0.2) is 29.2 Å². The third kappa shape index (κ3) is 2.57. The maximum Gasteiger partial charge on any atom is 0.239 e. The van der Waals surface area contributed by atoms with Gasteiger partial charge in [-0.1, -0.05) is 24.3 Å². The first kappa shape index (κ1) is 15.5. The predicted octanol–water partition coefficient (Wildman–Crippen LogP) is 1.97. The van der Waals surface area contributed by atoms with Crippen molar-refractivity contribution in [2.45, 2.75) is 38.8 Å². The van der Waals surface area contributed by atoms with Crippen molar-refractivity contribution in [1.82, 2.24) is 19.1 Å². The minimum atomic E-state index is -3.48. The van der Waals surface area contributed by atoms with E-state index in [1.54, 1.807) is 13.1 Å². The lowest BCUT2D eigenvalue weighted by Crippen LogP contribution is -2.29. The summed E-state index contributed by atoms with van der Waals surface area (Å²) in [6.07, 6.45) is 5.08. The first-order chi connectivity index (χ1) is 11.6. The molecule has 0 bridgehead atoms. The molecule has 1 aromatic heterocycles. The van der Waals surface area contributed by atoms with Gasteiger partial charge in [-0.2, -0.15) is 4.31 Å². The number of fused-ring (bicyclic) bond motifs is 2. The van der Waals surface area contributed by atoms with Crippen molar-refractivity contribution in [3.8, 4) is 0 Å². The van der Waals surface area contributed by atoms with E-state index >= 15 is 0 Å². The summed E-state index contributed by atoms with van der Waals surface area (Å²) in [6.45, 7) is 1.13. The molecule has 2 aromatic rings. The second-order valence-electron chi connectivity index (χ2n) is 6.36. The predicted molar refractivity (Wildman–Crippen MR) is 91.5 cm³/mol. The van der Waals surface area contributed by atoms with Crippen molar-refractivity contribution in [2.75, 3.05) is 7.05 Å². The highest BCUT2D eigenvalue weighted by Crippen LogP contribution is 2.29. The zero-order valence-electron chi connectivity index (χ0n) is 13.6. The first-order valence-corrected chi connectivity index (χ1v) is 9.65. The minimum Gasteiger partial charge on any atom is -0.314 e. The van der Waals surface area contributed by atoms with Gasteiger partial charge in [0.2, 0.25) is 10.0 Å². The number of hydrogen-bond acceptors (Lipinski definition) is 4. The Kier molecular flexibility index (Phi) is 3.77. The normalized spacial score (nSPS) is 16.8. The second-order valence-corrected chi connectivity index (χ2v) is 8.46. The van der Waals surface area contributed by atoms with Gasteiger partial charge >= 0.3 is 0 Å². The molecule has 0 atom stereocenters. The highest BCUT2D eigenvalue weighted by Gasteiger charge is 2.28. The van der Waals surface area contributed by atoms with E-state index in [0.29, 0.717) is 11.3 Å². The van der Waals surface area contributed by atoms with Gasteiger partial charge in [0.1, 0.15) is 11.6 Å². The van der Waals surface area contributed by atoms with Gasteiger partial charge in [0.05, 0.1) is 11.4 Å². The van der Waals surface area contributed by atoms with Crippen LogP contribution in [0.3, 0.4) is 0 Å². The number of hydrogen-bond donors (Lipinski definition) is 0. The van der Waals surface area contributed by atoms with E-state index in [9.17, 15) is 8.42 Å². The molecule has 0 N–H and O–H groups in total. The molecule has 0 radical (unpaired) electrons. The Balaban J connectivity index is 1.59. The van der Waals surface area contributed by atoms with E-state index in [2.05, 4.69) is 16.3 Å². The number of benzene rings is 1. The van der Waals surface area contributed by atoms with Gasteiger partial charge in [0.15, 0.2) is 0 Å². The van der Waals surface area contributed by atoms with Gasteiger partial charge < -0.3 is 4.57 Å². The van der Waals surface area contributed by atoms with Gasteiger partial charge in [-0.25, -0.2) is 8.42 Å². The van der Waals surface area contributed by atoms with Crippen LogP contribution >= 0.6 is 0 Å². The molecule has 1 aliphatic heterocycles. The maximum atomic E-state index is 12.9. The van der Waals surface area contributed by atoms with Crippen LogP contribution in [0.4, 0.5) is 0 Å². The first-order valence-electron chi connectivity index (χ1n) is 8.21. The fourth-order valence-electron chi connectivity index (χ4n) is 3.42. The van der Waals surface area contributed by atoms with Crippen molar-refractivity contribution in [3.63, 3.8) is 0 Å². The van der Waals surface area contributed by atoms with Crippen molar-refractivity contribution in [1.29, 1.82) is 0 Å². The Morgan fingerprint density at radius 1 is 1.17 bits per heavy atom. The van der Waals surface area contributed by atoms with E-state index in [1.165, 1.54) is 9.87 Å². The van der Waals surface area contributed by atoms with Crippen LogP contribution in [-0.2, 0) is 36.0 Å². The molecule has 6 nitrogen and oxygen atoms in total. The Bertz CT molecular complexity index is 914. The van der Waals surface area contributed by atoms with Crippen LogP contribution < -0.4 is 0 Å². The summed E-state index contributed by atoms with van der Waals surface area (Å²) in [4.78, 5) is 0.477. The Morgan fingerprint density at radius 2 is 2.00 bits per heavy atom. The number of rotatable bonds is 4. The van der Waals surface area contributed by atoms with Crippen molar-refractivity contribution >= 4 is 16.1 Å². The summed E-state index contributed by atoms with van der Waals surface area (Å²) < 4.78 is 29.3. The summed E-state index contributed by atoms with van der Waals surface area (Å²) in [7, 11) is -1.87. The molecule has 126 valence electrons. The van der Waals surface area contributed by atoms with E-state index in [1.807, 2.05) is 22.8 Å². The van der Waals surface area contributed by atoms with Gasteiger partial charge in [0, 0.05) is 20.0 Å². The average molecular weight is 344 g/mol. The molecule has 24 heavy (non-hydrogen) atoms. The lowest BCUT2D eigenvalue weighted by molar-refractivity contribution is 0.451. The third-order valence-electron chi connectivity index (χ3n) is 4.80. The van der Waals surface area contributed by atoms with Crippen LogP contribution in [0.1, 0.15) is 35.6 Å². The largest absolute Gasteiger partial charge is 0.314 e. The lowest BCUT2D eigenvalue weighted by atomic mass is 9.98. The van der Waals surface area contributed by atoms with Crippen molar-refractivity contribution in [2.24, 2.45) is 0 Å². The monoisotopic (exact) mass is 344 g/mol. The highest BCUT2D eigenvalue weighted by molar-refractivity contribution is 7.93. The number of sulfonamides is 1. The van der Waals surface area contributed by atoms with Crippen LogP contribution in [0.5, 0.6) is 0 Å². The van der Waals surface area contributed by atoms with Gasteiger partial charge in [-0.05, 0) is 36.5 Å². The van der Waals surface area contributed by atoms with Crippen LogP contribution in [-0.4, -0.2) is 34.5 Å². The smallest absolute Gasteiger partial charge is 0.239 e. The van der Waals surface area contributed by atoms with E-state index < -0.39 is 10.0 Å². The fourth-order valence-corrected chi connectivity index (χ4v) is 4.74. The number of aryl methyl sites for hydroxylation is 2. The van der Waals surface area contributed by atoms with Gasteiger partial charge in [-0.3, -0.25) is 0 Å². The minimum absolute atomic E-state index is 0.258. The number of allylic oxidation sites excluding steroid dienone is 1. The quantitative estimate of drug-likeness (QED) is 0.850. The zero-order chi connectivity index (χ0) is 16.7. The molecule has 2 aliphatic rings. The lowest BCUT2D eigenvalue weighted by Gasteiger charge is -2.22. The molecule has 4 rings (SSSR count). The van der Waals surface area contributed by atoms with E-state index in [-0.39, 0.29) is 6.54 Å². The van der Waals surface area contributed by atoms with Crippen molar-refractivity contribution in [3.05, 3.63) is 51.9 Å². The number of aromatic nitrogens is 3. The molecular weight excluding hydrogens is 324 g/mol. The number of nitrogens with zero attached hydrogens (tertiary/aromatic N) is 4. The molecule has 0 saturated heterocycles. The maximum absolute atomic E-state index is 12.9. The summed E-state index contributed by atoms with van der Waals surface area (Å²) in [5.41, 5.74) is 2.20. The molecule has 0 spiro atoms. The van der Waals surface area contributed by atoms with Crippen molar-refractivity contribution < 1.29 is 8.42 Å². The zero-order valence-corrected chi connectivity index (χ0v) is 14.5. The summed E-state index contributed by atoms with van der Waals surface area (Å²) >= 11 is 0. The molecule has 0 amide bonds. The SMILES string of the molecule is CN(Cc1nnc2n1CCC2)S(=O)(=O)C1=Cc2ccccc2CC1. The Morgan fingerprint density at radius 3 is 2.88 bits per heavy atom. The van der Waals surface area contributed by atoms with E-state index in [4.69, 9.17) is 0 Å². The molecule has 2 heterocycles. The molecule has 1 aliphatic carbocycles. The van der Waals surface area contributed by atoms with Gasteiger partial charge in [0.25, 0.3) is 0 Å². The van der Waals surface area contributed by atoms with Gasteiger partial charge in [-0.15, -0.1) is 10.2 Å². The topological polar surface area (TPSA) is 68.1 Å². The van der Waals surface area contributed by atoms with Crippen LogP contribution in [0.2, 0.25) is 0 Å². The van der Waals surface area contributed by atoms with E-state index in [0.717, 1.165) is 43.0 Å². The molecule has 1 aromatic carbocycles. The van der Waals surface area contributed by atoms with Crippen LogP contribution in [0.25, 0.3) is 6.08 Å². The Labute approximate surface area is 141 Å². The molecule has 0 saturated carbocycles. The summed E-state index contributed by atoms with van der Waals surface area (Å²) in [5.74, 6) is 1.69. The molecule has 0 fully saturated rings.